The summed E-state index contributed by atoms with van der Waals surface area (Å²) < 4.78 is 69.0. The van der Waals surface area contributed by atoms with Gasteiger partial charge in [-0.05, 0) is 83.1 Å². The SMILES string of the molecule is O=S(=O)(OS(c1ccc(O)cc1)(c1ccc(O)cc1)c1ccc(O)cc1)C(F)(F)F. The topological polar surface area (TPSA) is 104 Å². The van der Waals surface area contributed by atoms with Gasteiger partial charge in [0.1, 0.15) is 17.2 Å². The number of aromatic hydroxyl groups is 3. The van der Waals surface area contributed by atoms with Crippen LogP contribution in [-0.4, -0.2) is 29.2 Å². The lowest BCUT2D eigenvalue weighted by Crippen LogP contribution is -2.27. The molecule has 0 spiro atoms. The molecule has 0 aromatic heterocycles. The van der Waals surface area contributed by atoms with E-state index in [1.165, 1.54) is 72.8 Å². The van der Waals surface area contributed by atoms with E-state index in [4.69, 9.17) is 3.63 Å². The van der Waals surface area contributed by atoms with Gasteiger partial charge in [0.05, 0.1) is 0 Å². The second kappa shape index (κ2) is 7.74. The lowest BCUT2D eigenvalue weighted by atomic mass is 10.3. The number of benzene rings is 3. The van der Waals surface area contributed by atoms with E-state index in [9.17, 15) is 36.9 Å². The van der Waals surface area contributed by atoms with Crippen molar-refractivity contribution >= 4 is 20.4 Å². The number of rotatable bonds is 5. The Bertz CT molecular complexity index is 1020. The van der Waals surface area contributed by atoms with E-state index < -0.39 is 25.9 Å². The minimum absolute atomic E-state index is 0.0319. The molecule has 0 fully saturated rings. The molecule has 0 saturated heterocycles. The van der Waals surface area contributed by atoms with E-state index in [1.54, 1.807) is 0 Å². The quantitative estimate of drug-likeness (QED) is 0.470. The zero-order valence-electron chi connectivity index (χ0n) is 14.9. The second-order valence-corrected chi connectivity index (χ2v) is 10.4. The summed E-state index contributed by atoms with van der Waals surface area (Å²) >= 11 is 0. The molecule has 30 heavy (non-hydrogen) atoms. The van der Waals surface area contributed by atoms with E-state index in [0.29, 0.717) is 0 Å². The van der Waals surface area contributed by atoms with Gasteiger partial charge in [0, 0.05) is 14.7 Å². The van der Waals surface area contributed by atoms with Crippen molar-refractivity contribution in [2.75, 3.05) is 0 Å². The van der Waals surface area contributed by atoms with Crippen molar-refractivity contribution in [1.29, 1.82) is 0 Å². The highest BCUT2D eigenvalue weighted by atomic mass is 32.3. The molecular formula is C19H15F3O6S2. The number of hydrogen-bond acceptors (Lipinski definition) is 6. The monoisotopic (exact) mass is 460 g/mol. The van der Waals surface area contributed by atoms with Crippen LogP contribution in [0.25, 0.3) is 0 Å². The zero-order chi connectivity index (χ0) is 22.2. The van der Waals surface area contributed by atoms with Crippen LogP contribution in [0.1, 0.15) is 0 Å². The largest absolute Gasteiger partial charge is 0.524 e. The van der Waals surface area contributed by atoms with Crippen LogP contribution in [0, 0.1) is 0 Å². The van der Waals surface area contributed by atoms with Crippen LogP contribution in [0.3, 0.4) is 0 Å². The van der Waals surface area contributed by atoms with Gasteiger partial charge < -0.3 is 15.3 Å². The van der Waals surface area contributed by atoms with Gasteiger partial charge in [0.25, 0.3) is 0 Å². The predicted molar refractivity (Wildman–Crippen MR) is 103 cm³/mol. The van der Waals surface area contributed by atoms with Crippen LogP contribution in [0.5, 0.6) is 17.2 Å². The van der Waals surface area contributed by atoms with Crippen molar-refractivity contribution in [3.8, 4) is 17.2 Å². The van der Waals surface area contributed by atoms with Crippen LogP contribution in [0.4, 0.5) is 13.2 Å². The van der Waals surface area contributed by atoms with E-state index in [0.717, 1.165) is 0 Å². The van der Waals surface area contributed by atoms with Crippen molar-refractivity contribution in [3.63, 3.8) is 0 Å². The highest BCUT2D eigenvalue weighted by Crippen LogP contribution is 2.70. The van der Waals surface area contributed by atoms with Crippen LogP contribution < -0.4 is 0 Å². The first-order valence-corrected chi connectivity index (χ1v) is 11.2. The number of halogens is 3. The molecule has 11 heteroatoms. The molecule has 6 nitrogen and oxygen atoms in total. The average molecular weight is 460 g/mol. The summed E-state index contributed by atoms with van der Waals surface area (Å²) in [5.41, 5.74) is -5.70. The van der Waals surface area contributed by atoms with Gasteiger partial charge in [-0.1, -0.05) is 0 Å². The van der Waals surface area contributed by atoms with Crippen LogP contribution >= 0.6 is 10.3 Å². The maximum atomic E-state index is 13.3. The van der Waals surface area contributed by atoms with Crippen molar-refractivity contribution in [2.24, 2.45) is 0 Å². The minimum Gasteiger partial charge on any atom is -0.508 e. The maximum absolute atomic E-state index is 13.3. The molecular weight excluding hydrogens is 445 g/mol. The first-order valence-electron chi connectivity index (χ1n) is 8.19. The van der Waals surface area contributed by atoms with Crippen LogP contribution in [0.15, 0.2) is 87.5 Å². The van der Waals surface area contributed by atoms with Gasteiger partial charge in [-0.2, -0.15) is 25.2 Å². The number of phenols is 3. The Kier molecular flexibility index (Phi) is 5.63. The highest BCUT2D eigenvalue weighted by Gasteiger charge is 2.52. The first kappa shape index (κ1) is 21.8. The molecule has 0 heterocycles. The molecule has 3 N–H and O–H groups in total. The van der Waals surface area contributed by atoms with Crippen molar-refractivity contribution in [3.05, 3.63) is 72.8 Å². The summed E-state index contributed by atoms with van der Waals surface area (Å²) in [7, 11) is -9.65. The van der Waals surface area contributed by atoms with Crippen LogP contribution in [-0.2, 0) is 13.7 Å². The summed E-state index contributed by atoms with van der Waals surface area (Å²) in [6.45, 7) is 0. The zero-order valence-corrected chi connectivity index (χ0v) is 16.6. The second-order valence-electron chi connectivity index (χ2n) is 6.01. The van der Waals surface area contributed by atoms with Crippen LogP contribution in [0.2, 0.25) is 0 Å². The molecule has 0 aliphatic heterocycles. The Hall–Kier alpha value is -2.89. The Morgan fingerprint density at radius 2 is 0.867 bits per heavy atom. The molecule has 3 rings (SSSR count). The molecule has 0 amide bonds. The van der Waals surface area contributed by atoms with Gasteiger partial charge in [0.2, 0.25) is 0 Å². The first-order chi connectivity index (χ1) is 14.0. The van der Waals surface area contributed by atoms with Crippen molar-refractivity contribution in [1.82, 2.24) is 0 Å². The summed E-state index contributed by atoms with van der Waals surface area (Å²) in [5.74, 6) is -0.577. The Morgan fingerprint density at radius 3 is 1.10 bits per heavy atom. The maximum Gasteiger partial charge on any atom is 0.524 e. The summed E-state index contributed by atoms with van der Waals surface area (Å²) in [5, 5.41) is 28.8. The minimum atomic E-state index is -6.08. The summed E-state index contributed by atoms with van der Waals surface area (Å²) in [6.07, 6.45) is 0. The molecule has 160 valence electrons. The Morgan fingerprint density at radius 1 is 0.600 bits per heavy atom. The van der Waals surface area contributed by atoms with Gasteiger partial charge >= 0.3 is 15.6 Å². The van der Waals surface area contributed by atoms with E-state index in [1.807, 2.05) is 0 Å². The van der Waals surface area contributed by atoms with Crippen molar-refractivity contribution in [2.45, 2.75) is 20.2 Å². The summed E-state index contributed by atoms with van der Waals surface area (Å²) in [4.78, 5) is 0.0958. The molecule has 0 bridgehead atoms. The number of phenolic OH excluding ortho intramolecular Hbond substituents is 3. The van der Waals surface area contributed by atoms with Crippen molar-refractivity contribution < 1.29 is 40.5 Å². The lowest BCUT2D eigenvalue weighted by molar-refractivity contribution is -0.0496. The van der Waals surface area contributed by atoms with Gasteiger partial charge in [0.15, 0.2) is 0 Å². The number of alkyl halides is 3. The van der Waals surface area contributed by atoms with Gasteiger partial charge in [-0.25, -0.2) is 0 Å². The van der Waals surface area contributed by atoms with E-state index >= 15 is 0 Å². The number of hydrogen-bond donors (Lipinski definition) is 3. The lowest BCUT2D eigenvalue weighted by Gasteiger charge is -2.39. The molecule has 0 aliphatic carbocycles. The third kappa shape index (κ3) is 4.04. The normalized spacial score (nSPS) is 13.2. The predicted octanol–water partition coefficient (Wildman–Crippen LogP) is 4.87. The molecule has 0 atom stereocenters. The van der Waals surface area contributed by atoms with Gasteiger partial charge in [-0.3, -0.25) is 0 Å². The fourth-order valence-corrected chi connectivity index (χ4v) is 7.31. The molecule has 3 aromatic rings. The van der Waals surface area contributed by atoms with E-state index in [-0.39, 0.29) is 31.9 Å². The van der Waals surface area contributed by atoms with E-state index in [2.05, 4.69) is 0 Å². The Balaban J connectivity index is 2.40. The third-order valence-electron chi connectivity index (χ3n) is 3.98. The highest BCUT2D eigenvalue weighted by molar-refractivity contribution is 8.33. The fraction of sp³-hybridized carbons (Fsp3) is 0.0526. The molecule has 0 unspecified atom stereocenters. The standard InChI is InChI=1S/C19H15F3O6S2/c20-19(21,22)30(26,27)28-29(16-7-1-13(23)2-8-16,17-9-3-14(24)4-10-17)18-11-5-15(25)6-12-18/h1-12,23-25H. The average Bonchev–Trinajstić information content (AvgIpc) is 2.67. The van der Waals surface area contributed by atoms with Gasteiger partial charge in [-0.15, -0.1) is 0 Å². The Labute approximate surface area is 171 Å². The molecule has 3 aromatic carbocycles. The molecule has 0 aliphatic rings. The molecule has 0 saturated carbocycles. The third-order valence-corrected chi connectivity index (χ3v) is 8.89. The summed E-state index contributed by atoms with van der Waals surface area (Å²) in [6, 6.07) is 14.6. The molecule has 0 radical (unpaired) electrons. The fourth-order valence-electron chi connectivity index (χ4n) is 2.61. The smallest absolute Gasteiger partial charge is 0.508 e.